The Hall–Kier alpha value is -3.06. The molecule has 2 heterocycles. The van der Waals surface area contributed by atoms with Crippen molar-refractivity contribution >= 4 is 34.0 Å². The van der Waals surface area contributed by atoms with Crippen molar-refractivity contribution in [1.29, 1.82) is 0 Å². The molecule has 0 aliphatic carbocycles. The zero-order chi connectivity index (χ0) is 19.7. The number of aryl methyl sites for hydroxylation is 2. The smallest absolute Gasteiger partial charge is 0.257 e. The highest BCUT2D eigenvalue weighted by atomic mass is 32.1. The van der Waals surface area contributed by atoms with Crippen LogP contribution in [0.1, 0.15) is 38.8 Å². The summed E-state index contributed by atoms with van der Waals surface area (Å²) >= 11 is 1.33. The zero-order valence-electron chi connectivity index (χ0n) is 15.7. The van der Waals surface area contributed by atoms with Crippen molar-refractivity contribution in [3.05, 3.63) is 70.2 Å². The number of hydrogen-bond acceptors (Lipinski definition) is 5. The van der Waals surface area contributed by atoms with Gasteiger partial charge in [0, 0.05) is 30.1 Å². The van der Waals surface area contributed by atoms with Gasteiger partial charge in [-0.3, -0.25) is 14.9 Å². The maximum atomic E-state index is 12.5. The van der Waals surface area contributed by atoms with Crippen molar-refractivity contribution in [2.45, 2.75) is 26.2 Å². The maximum Gasteiger partial charge on any atom is 0.257 e. The summed E-state index contributed by atoms with van der Waals surface area (Å²) in [7, 11) is 0. The molecule has 0 bridgehead atoms. The van der Waals surface area contributed by atoms with Crippen LogP contribution in [0.3, 0.4) is 0 Å². The summed E-state index contributed by atoms with van der Waals surface area (Å²) in [4.78, 5) is 26.6. The van der Waals surface area contributed by atoms with Gasteiger partial charge in [0.2, 0.25) is 11.0 Å². The third-order valence-corrected chi connectivity index (χ3v) is 5.76. The minimum absolute atomic E-state index is 0.0177. The number of carbonyl (C=O) groups excluding carboxylic acids is 2. The van der Waals surface area contributed by atoms with Crippen LogP contribution < -0.4 is 10.2 Å². The Bertz CT molecular complexity index is 1030. The molecule has 1 N–H and O–H groups in total. The number of aromatic nitrogens is 2. The van der Waals surface area contributed by atoms with Crippen molar-refractivity contribution in [2.75, 3.05) is 16.8 Å². The average molecular weight is 392 g/mol. The van der Waals surface area contributed by atoms with E-state index in [1.165, 1.54) is 11.3 Å². The highest BCUT2D eigenvalue weighted by molar-refractivity contribution is 7.15. The van der Waals surface area contributed by atoms with E-state index in [0.29, 0.717) is 23.7 Å². The predicted octanol–water partition coefficient (Wildman–Crippen LogP) is 3.93. The Morgan fingerprint density at radius 2 is 1.89 bits per heavy atom. The number of carbonyl (C=O) groups is 2. The maximum absolute atomic E-state index is 12.5. The molecule has 6 nitrogen and oxygen atoms in total. The van der Waals surface area contributed by atoms with Crippen molar-refractivity contribution < 1.29 is 9.59 Å². The van der Waals surface area contributed by atoms with Crippen LogP contribution in [0.25, 0.3) is 0 Å². The fourth-order valence-electron chi connectivity index (χ4n) is 3.25. The largest absolute Gasteiger partial charge is 0.312 e. The van der Waals surface area contributed by atoms with Crippen LogP contribution >= 0.6 is 11.3 Å². The summed E-state index contributed by atoms with van der Waals surface area (Å²) in [5.74, 6) is -0.152. The number of rotatable bonds is 4. The summed E-state index contributed by atoms with van der Waals surface area (Å²) in [5, 5.41) is 12.3. The van der Waals surface area contributed by atoms with E-state index in [4.69, 9.17) is 0 Å². The molecule has 2 aromatic carbocycles. The average Bonchev–Trinajstić information content (AvgIpc) is 3.29. The van der Waals surface area contributed by atoms with E-state index in [9.17, 15) is 9.59 Å². The molecule has 1 unspecified atom stereocenters. The Morgan fingerprint density at radius 1 is 1.11 bits per heavy atom. The van der Waals surface area contributed by atoms with Gasteiger partial charge in [0.15, 0.2) is 0 Å². The molecule has 7 heteroatoms. The second-order valence-electron chi connectivity index (χ2n) is 7.01. The molecule has 0 saturated carbocycles. The van der Waals surface area contributed by atoms with Gasteiger partial charge in [0.1, 0.15) is 5.01 Å². The second-order valence-corrected chi connectivity index (χ2v) is 8.02. The first kappa shape index (κ1) is 18.3. The topological polar surface area (TPSA) is 75.2 Å². The van der Waals surface area contributed by atoms with E-state index in [0.717, 1.165) is 21.8 Å². The third kappa shape index (κ3) is 3.80. The molecule has 1 atom stereocenters. The van der Waals surface area contributed by atoms with Gasteiger partial charge < -0.3 is 4.90 Å². The van der Waals surface area contributed by atoms with Crippen molar-refractivity contribution in [3.63, 3.8) is 0 Å². The number of amides is 2. The number of nitrogens with zero attached hydrogens (tertiary/aromatic N) is 3. The van der Waals surface area contributed by atoms with E-state index < -0.39 is 0 Å². The van der Waals surface area contributed by atoms with Crippen LogP contribution in [-0.2, 0) is 4.79 Å². The summed E-state index contributed by atoms with van der Waals surface area (Å²) in [6.45, 7) is 4.53. The molecule has 4 rings (SSSR count). The van der Waals surface area contributed by atoms with Gasteiger partial charge in [-0.1, -0.05) is 46.7 Å². The molecule has 1 fully saturated rings. The number of benzene rings is 2. The van der Waals surface area contributed by atoms with Crippen LogP contribution in [0.5, 0.6) is 0 Å². The van der Waals surface area contributed by atoms with Crippen molar-refractivity contribution in [2.24, 2.45) is 0 Å². The standard InChI is InChI=1S/C21H20N4O2S/c1-13-6-8-17(9-7-13)25-12-16(11-18(25)26)20-23-24-21(28-20)22-19(27)15-5-3-4-14(2)10-15/h3-10,16H,11-12H2,1-2H3,(H,22,24,27). The van der Waals surface area contributed by atoms with Crippen LogP contribution in [0.15, 0.2) is 48.5 Å². The molecule has 3 aromatic rings. The molecule has 1 aliphatic rings. The van der Waals surface area contributed by atoms with Gasteiger partial charge in [0.25, 0.3) is 5.91 Å². The van der Waals surface area contributed by atoms with Gasteiger partial charge in [-0.05, 0) is 38.1 Å². The van der Waals surface area contributed by atoms with E-state index >= 15 is 0 Å². The van der Waals surface area contributed by atoms with Gasteiger partial charge in [-0.25, -0.2) is 0 Å². The molecule has 0 radical (unpaired) electrons. The van der Waals surface area contributed by atoms with Crippen LogP contribution in [-0.4, -0.2) is 28.6 Å². The zero-order valence-corrected chi connectivity index (χ0v) is 16.5. The van der Waals surface area contributed by atoms with E-state index in [1.54, 1.807) is 11.0 Å². The lowest BCUT2D eigenvalue weighted by Gasteiger charge is -2.16. The fourth-order valence-corrected chi connectivity index (χ4v) is 4.08. The lowest BCUT2D eigenvalue weighted by Crippen LogP contribution is -2.24. The molecule has 2 amide bonds. The Kier molecular flexibility index (Phi) is 4.92. The number of hydrogen-bond donors (Lipinski definition) is 1. The minimum atomic E-state index is -0.213. The molecule has 0 spiro atoms. The van der Waals surface area contributed by atoms with Gasteiger partial charge in [0.05, 0.1) is 0 Å². The fraction of sp³-hybridized carbons (Fsp3) is 0.238. The molecular weight excluding hydrogens is 372 g/mol. The first-order valence-electron chi connectivity index (χ1n) is 9.08. The third-order valence-electron chi connectivity index (χ3n) is 4.76. The quantitative estimate of drug-likeness (QED) is 0.730. The normalized spacial score (nSPS) is 16.4. The predicted molar refractivity (Wildman–Crippen MR) is 110 cm³/mol. The molecule has 1 saturated heterocycles. The first-order chi connectivity index (χ1) is 13.5. The Morgan fingerprint density at radius 3 is 2.64 bits per heavy atom. The van der Waals surface area contributed by atoms with E-state index in [1.807, 2.05) is 56.3 Å². The summed E-state index contributed by atoms with van der Waals surface area (Å²) in [6, 6.07) is 15.3. The number of anilines is 2. The van der Waals surface area contributed by atoms with Crippen molar-refractivity contribution in [1.82, 2.24) is 10.2 Å². The Labute approximate surface area is 167 Å². The summed E-state index contributed by atoms with van der Waals surface area (Å²) < 4.78 is 0. The lowest BCUT2D eigenvalue weighted by atomic mass is 10.1. The highest BCUT2D eigenvalue weighted by Crippen LogP contribution is 2.34. The Balaban J connectivity index is 1.45. The molecule has 142 valence electrons. The van der Waals surface area contributed by atoms with Crippen molar-refractivity contribution in [3.8, 4) is 0 Å². The van der Waals surface area contributed by atoms with E-state index in [-0.39, 0.29) is 17.7 Å². The lowest BCUT2D eigenvalue weighted by molar-refractivity contribution is -0.117. The van der Waals surface area contributed by atoms with Crippen LogP contribution in [0.4, 0.5) is 10.8 Å². The molecule has 1 aliphatic heterocycles. The van der Waals surface area contributed by atoms with Crippen LogP contribution in [0.2, 0.25) is 0 Å². The molecular formula is C21H20N4O2S. The SMILES string of the molecule is Cc1ccc(N2CC(c3nnc(NC(=O)c4cccc(C)c4)s3)CC2=O)cc1. The first-order valence-corrected chi connectivity index (χ1v) is 9.90. The van der Waals surface area contributed by atoms with Gasteiger partial charge in [-0.15, -0.1) is 10.2 Å². The van der Waals surface area contributed by atoms with Gasteiger partial charge in [-0.2, -0.15) is 0 Å². The highest BCUT2D eigenvalue weighted by Gasteiger charge is 2.34. The number of nitrogens with one attached hydrogen (secondary N) is 1. The molecule has 28 heavy (non-hydrogen) atoms. The summed E-state index contributed by atoms with van der Waals surface area (Å²) in [5.41, 5.74) is 3.66. The van der Waals surface area contributed by atoms with Gasteiger partial charge >= 0.3 is 0 Å². The monoisotopic (exact) mass is 392 g/mol. The van der Waals surface area contributed by atoms with E-state index in [2.05, 4.69) is 15.5 Å². The second kappa shape index (κ2) is 7.52. The summed E-state index contributed by atoms with van der Waals surface area (Å²) in [6.07, 6.45) is 0.397. The minimum Gasteiger partial charge on any atom is -0.312 e. The van der Waals surface area contributed by atoms with Crippen LogP contribution in [0, 0.1) is 13.8 Å². The molecule has 1 aromatic heterocycles.